The summed E-state index contributed by atoms with van der Waals surface area (Å²) in [5, 5.41) is 13.9. The molecule has 1 unspecified atom stereocenters. The first-order valence-corrected chi connectivity index (χ1v) is 6.38. The zero-order chi connectivity index (χ0) is 13.3. The van der Waals surface area contributed by atoms with Crippen LogP contribution >= 0.6 is 15.9 Å². The first kappa shape index (κ1) is 13.0. The molecule has 0 fully saturated rings. The van der Waals surface area contributed by atoms with Crippen LogP contribution in [0.25, 0.3) is 10.9 Å². The van der Waals surface area contributed by atoms with E-state index >= 15 is 0 Å². The van der Waals surface area contributed by atoms with Gasteiger partial charge in [-0.25, -0.2) is 0 Å². The number of carboxylic acids is 1. The Kier molecular flexibility index (Phi) is 3.68. The van der Waals surface area contributed by atoms with Gasteiger partial charge in [-0.3, -0.25) is 9.48 Å². The van der Waals surface area contributed by atoms with Crippen LogP contribution in [0.4, 0.5) is 0 Å². The molecule has 5 nitrogen and oxygen atoms in total. The molecule has 1 aromatic carbocycles. The van der Waals surface area contributed by atoms with Crippen LogP contribution in [0.1, 0.15) is 24.4 Å². The predicted molar refractivity (Wildman–Crippen MR) is 72.2 cm³/mol. The summed E-state index contributed by atoms with van der Waals surface area (Å²) >= 11 is 3.39. The van der Waals surface area contributed by atoms with Crippen molar-refractivity contribution in [1.29, 1.82) is 0 Å². The van der Waals surface area contributed by atoms with Crippen LogP contribution in [-0.4, -0.2) is 20.9 Å². The van der Waals surface area contributed by atoms with E-state index in [1.807, 2.05) is 25.2 Å². The van der Waals surface area contributed by atoms with Crippen LogP contribution in [0.2, 0.25) is 0 Å². The molecule has 0 aliphatic rings. The van der Waals surface area contributed by atoms with Crippen molar-refractivity contribution in [3.05, 3.63) is 28.4 Å². The maximum Gasteiger partial charge on any atom is 0.303 e. The molecule has 3 N–H and O–H groups in total. The number of aryl methyl sites for hydroxylation is 1. The normalized spacial score (nSPS) is 12.8. The van der Waals surface area contributed by atoms with Crippen LogP contribution in [0.15, 0.2) is 22.8 Å². The number of carboxylic acid groups (broad SMARTS) is 1. The summed E-state index contributed by atoms with van der Waals surface area (Å²) in [5.41, 5.74) is 7.89. The zero-order valence-electron chi connectivity index (χ0n) is 9.93. The molecule has 96 valence electrons. The van der Waals surface area contributed by atoms with Crippen LogP contribution in [0, 0.1) is 0 Å². The van der Waals surface area contributed by atoms with Crippen molar-refractivity contribution in [2.75, 3.05) is 0 Å². The number of nitrogens with zero attached hydrogens (tertiary/aromatic N) is 2. The molecular formula is C12H14BrN3O2. The highest BCUT2D eigenvalue weighted by atomic mass is 79.9. The molecule has 0 radical (unpaired) electrons. The lowest BCUT2D eigenvalue weighted by atomic mass is 10.0. The maximum absolute atomic E-state index is 10.5. The Balaban J connectivity index is 2.29. The molecule has 0 aliphatic carbocycles. The van der Waals surface area contributed by atoms with E-state index < -0.39 is 5.97 Å². The Labute approximate surface area is 113 Å². The van der Waals surface area contributed by atoms with E-state index in [0.717, 1.165) is 21.1 Å². The highest BCUT2D eigenvalue weighted by Crippen LogP contribution is 2.26. The number of rotatable bonds is 4. The first-order valence-electron chi connectivity index (χ1n) is 5.58. The highest BCUT2D eigenvalue weighted by molar-refractivity contribution is 9.10. The molecule has 0 bridgehead atoms. The number of hydrogen-bond donors (Lipinski definition) is 2. The number of halogens is 1. The minimum Gasteiger partial charge on any atom is -0.481 e. The summed E-state index contributed by atoms with van der Waals surface area (Å²) in [6.07, 6.45) is 0.508. The van der Waals surface area contributed by atoms with Crippen molar-refractivity contribution in [3.63, 3.8) is 0 Å². The van der Waals surface area contributed by atoms with E-state index in [1.165, 1.54) is 0 Å². The van der Waals surface area contributed by atoms with Crippen LogP contribution in [0.5, 0.6) is 0 Å². The van der Waals surface area contributed by atoms with Crippen LogP contribution < -0.4 is 5.73 Å². The lowest BCUT2D eigenvalue weighted by molar-refractivity contribution is -0.137. The van der Waals surface area contributed by atoms with Gasteiger partial charge in [0.2, 0.25) is 0 Å². The standard InChI is InChI=1S/C12H14BrN3O2/c1-16-10-6-7(9(14)4-5-11(17)18)2-3-8(10)12(13)15-16/h2-3,6,9H,4-5,14H2,1H3,(H,17,18). The van der Waals surface area contributed by atoms with Gasteiger partial charge < -0.3 is 10.8 Å². The van der Waals surface area contributed by atoms with Crippen LogP contribution in [0.3, 0.4) is 0 Å². The summed E-state index contributed by atoms with van der Waals surface area (Å²) in [6.45, 7) is 0. The van der Waals surface area contributed by atoms with Crippen molar-refractivity contribution in [2.45, 2.75) is 18.9 Å². The van der Waals surface area contributed by atoms with Gasteiger partial charge >= 0.3 is 5.97 Å². The SMILES string of the molecule is Cn1nc(Br)c2ccc(C(N)CCC(=O)O)cc21. The molecular weight excluding hydrogens is 298 g/mol. The molecule has 1 aromatic heterocycles. The number of fused-ring (bicyclic) bond motifs is 1. The second-order valence-corrected chi connectivity index (χ2v) is 4.98. The van der Waals surface area contributed by atoms with Crippen molar-refractivity contribution < 1.29 is 9.90 Å². The van der Waals surface area contributed by atoms with E-state index in [4.69, 9.17) is 10.8 Å². The third-order valence-electron chi connectivity index (χ3n) is 2.93. The average molecular weight is 312 g/mol. The largest absolute Gasteiger partial charge is 0.481 e. The van der Waals surface area contributed by atoms with E-state index in [-0.39, 0.29) is 12.5 Å². The third-order valence-corrected chi connectivity index (χ3v) is 3.51. The molecule has 1 atom stereocenters. The maximum atomic E-state index is 10.5. The van der Waals surface area contributed by atoms with Crippen molar-refractivity contribution >= 4 is 32.8 Å². The van der Waals surface area contributed by atoms with Crippen molar-refractivity contribution in [1.82, 2.24) is 9.78 Å². The number of hydrogen-bond acceptors (Lipinski definition) is 3. The minimum absolute atomic E-state index is 0.0777. The molecule has 18 heavy (non-hydrogen) atoms. The number of aliphatic carboxylic acids is 1. The van der Waals surface area contributed by atoms with Gasteiger partial charge in [-0.2, -0.15) is 5.10 Å². The minimum atomic E-state index is -0.824. The molecule has 6 heteroatoms. The van der Waals surface area contributed by atoms with Crippen molar-refractivity contribution in [3.8, 4) is 0 Å². The lowest BCUT2D eigenvalue weighted by Gasteiger charge is -2.10. The fourth-order valence-corrected chi connectivity index (χ4v) is 2.48. The summed E-state index contributed by atoms with van der Waals surface area (Å²) in [4.78, 5) is 10.5. The van der Waals surface area contributed by atoms with E-state index in [1.54, 1.807) is 4.68 Å². The topological polar surface area (TPSA) is 81.1 Å². The molecule has 2 aromatic rings. The summed E-state index contributed by atoms with van der Waals surface area (Å²) in [5.74, 6) is -0.824. The quantitative estimate of drug-likeness (QED) is 0.907. The van der Waals surface area contributed by atoms with Crippen LogP contribution in [-0.2, 0) is 11.8 Å². The van der Waals surface area contributed by atoms with Gasteiger partial charge in [-0.15, -0.1) is 0 Å². The Bertz CT molecular complexity index is 594. The molecule has 0 amide bonds. The number of aromatic nitrogens is 2. The number of benzene rings is 1. The van der Waals surface area contributed by atoms with Gasteiger partial charge in [0.1, 0.15) is 4.60 Å². The molecule has 0 aliphatic heterocycles. The van der Waals surface area contributed by atoms with E-state index in [0.29, 0.717) is 6.42 Å². The third kappa shape index (κ3) is 2.54. The Morgan fingerprint density at radius 3 is 3.00 bits per heavy atom. The van der Waals surface area contributed by atoms with Gasteiger partial charge in [-0.05, 0) is 40.0 Å². The Hall–Kier alpha value is -1.40. The number of nitrogens with two attached hydrogens (primary N) is 1. The summed E-state index contributed by atoms with van der Waals surface area (Å²) in [7, 11) is 1.86. The molecule has 0 spiro atoms. The molecule has 1 heterocycles. The van der Waals surface area contributed by atoms with E-state index in [9.17, 15) is 4.79 Å². The fourth-order valence-electron chi connectivity index (χ4n) is 1.91. The molecule has 2 rings (SSSR count). The zero-order valence-corrected chi connectivity index (χ0v) is 11.5. The molecule has 0 saturated carbocycles. The highest BCUT2D eigenvalue weighted by Gasteiger charge is 2.12. The summed E-state index contributed by atoms with van der Waals surface area (Å²) in [6, 6.07) is 5.56. The monoisotopic (exact) mass is 311 g/mol. The molecule has 0 saturated heterocycles. The van der Waals surface area contributed by atoms with Gasteiger partial charge in [-0.1, -0.05) is 6.07 Å². The smallest absolute Gasteiger partial charge is 0.303 e. The average Bonchev–Trinajstić information content (AvgIpc) is 2.61. The fraction of sp³-hybridized carbons (Fsp3) is 0.333. The number of carbonyl (C=O) groups is 1. The first-order chi connectivity index (χ1) is 8.49. The predicted octanol–water partition coefficient (Wildman–Crippen LogP) is 2.20. The second kappa shape index (κ2) is 5.07. The summed E-state index contributed by atoms with van der Waals surface area (Å²) < 4.78 is 2.57. The van der Waals surface area contributed by atoms with Gasteiger partial charge in [0.25, 0.3) is 0 Å². The van der Waals surface area contributed by atoms with Gasteiger partial charge in [0.15, 0.2) is 0 Å². The van der Waals surface area contributed by atoms with Gasteiger partial charge in [0.05, 0.1) is 5.52 Å². The Morgan fingerprint density at radius 1 is 1.61 bits per heavy atom. The second-order valence-electron chi connectivity index (χ2n) is 4.23. The van der Waals surface area contributed by atoms with Crippen molar-refractivity contribution in [2.24, 2.45) is 12.8 Å². The van der Waals surface area contributed by atoms with Gasteiger partial charge in [0, 0.05) is 24.9 Å². The lowest BCUT2D eigenvalue weighted by Crippen LogP contribution is -2.12. The van der Waals surface area contributed by atoms with E-state index in [2.05, 4.69) is 21.0 Å². The Morgan fingerprint density at radius 2 is 2.33 bits per heavy atom.